The summed E-state index contributed by atoms with van der Waals surface area (Å²) in [6, 6.07) is -0.238. The fourth-order valence-corrected chi connectivity index (χ4v) is 3.37. The molecule has 1 aliphatic heterocycles. The van der Waals surface area contributed by atoms with Gasteiger partial charge in [-0.25, -0.2) is 9.78 Å². The molecule has 0 radical (unpaired) electrons. The summed E-state index contributed by atoms with van der Waals surface area (Å²) in [5.74, 6) is -0.0367. The van der Waals surface area contributed by atoms with Crippen LogP contribution in [0.25, 0.3) is 0 Å². The van der Waals surface area contributed by atoms with E-state index in [1.165, 1.54) is 4.90 Å². The number of hydrogen-bond acceptors (Lipinski definition) is 3. The third-order valence-corrected chi connectivity index (χ3v) is 4.55. The molecule has 0 aromatic carbocycles. The van der Waals surface area contributed by atoms with E-state index in [1.54, 1.807) is 6.33 Å². The summed E-state index contributed by atoms with van der Waals surface area (Å²) < 4.78 is 1.87. The minimum atomic E-state index is -0.627. The highest BCUT2D eigenvalue weighted by Gasteiger charge is 2.50. The van der Waals surface area contributed by atoms with E-state index in [-0.39, 0.29) is 11.9 Å². The molecule has 0 atom stereocenters. The van der Waals surface area contributed by atoms with Gasteiger partial charge >= 0.3 is 6.03 Å². The van der Waals surface area contributed by atoms with Gasteiger partial charge in [-0.1, -0.05) is 25.7 Å². The van der Waals surface area contributed by atoms with Crippen LogP contribution in [0.15, 0.2) is 12.5 Å². The van der Waals surface area contributed by atoms with Crippen LogP contribution in [-0.2, 0) is 18.3 Å². The van der Waals surface area contributed by atoms with Gasteiger partial charge in [0.25, 0.3) is 5.91 Å². The third kappa shape index (κ3) is 2.66. The van der Waals surface area contributed by atoms with Crippen LogP contribution in [0, 0.1) is 0 Å². The van der Waals surface area contributed by atoms with Gasteiger partial charge in [-0.05, 0) is 12.8 Å². The molecule has 1 aromatic heterocycles. The Hall–Kier alpha value is -1.85. The largest absolute Gasteiger partial charge is 0.340 e. The molecule has 2 fully saturated rings. The van der Waals surface area contributed by atoms with Gasteiger partial charge in [0, 0.05) is 26.2 Å². The molecular formula is C15H22N4O2. The topological polar surface area (TPSA) is 67.2 Å². The number of rotatable bonds is 3. The highest BCUT2D eigenvalue weighted by Crippen LogP contribution is 2.32. The van der Waals surface area contributed by atoms with Gasteiger partial charge in [-0.3, -0.25) is 9.69 Å². The van der Waals surface area contributed by atoms with Gasteiger partial charge in [0.2, 0.25) is 0 Å². The quantitative estimate of drug-likeness (QED) is 0.860. The second-order valence-electron chi connectivity index (χ2n) is 6.16. The van der Waals surface area contributed by atoms with Crippen molar-refractivity contribution in [3.63, 3.8) is 0 Å². The first kappa shape index (κ1) is 14.1. The maximum atomic E-state index is 12.7. The van der Waals surface area contributed by atoms with Gasteiger partial charge in [0.05, 0.1) is 12.0 Å². The number of imide groups is 1. The minimum absolute atomic E-state index is 0.0367. The SMILES string of the molecule is Cn1cnc(CCN2C(=O)NC3(CCCCCC3)C2=O)c1. The normalized spacial score (nSPS) is 21.7. The molecule has 2 heterocycles. The molecule has 3 amide bonds. The van der Waals surface area contributed by atoms with Gasteiger partial charge < -0.3 is 9.88 Å². The predicted molar refractivity (Wildman–Crippen MR) is 77.6 cm³/mol. The van der Waals surface area contributed by atoms with Crippen LogP contribution in [0.4, 0.5) is 4.79 Å². The summed E-state index contributed by atoms with van der Waals surface area (Å²) in [7, 11) is 1.91. The highest BCUT2D eigenvalue weighted by atomic mass is 16.2. The average Bonchev–Trinajstić information content (AvgIpc) is 2.84. The molecular weight excluding hydrogens is 268 g/mol. The Balaban J connectivity index is 1.68. The van der Waals surface area contributed by atoms with E-state index in [0.717, 1.165) is 44.2 Å². The smallest absolute Gasteiger partial charge is 0.325 e. The molecule has 1 saturated heterocycles. The van der Waals surface area contributed by atoms with E-state index in [0.29, 0.717) is 13.0 Å². The highest BCUT2D eigenvalue weighted by molar-refractivity contribution is 6.07. The first-order valence-corrected chi connectivity index (χ1v) is 7.72. The van der Waals surface area contributed by atoms with Crippen molar-refractivity contribution in [2.75, 3.05) is 6.54 Å². The molecule has 0 unspecified atom stereocenters. The number of nitrogens with zero attached hydrogens (tertiary/aromatic N) is 3. The fourth-order valence-electron chi connectivity index (χ4n) is 3.37. The van der Waals surface area contributed by atoms with Crippen molar-refractivity contribution in [1.82, 2.24) is 19.8 Å². The number of aromatic nitrogens is 2. The number of carbonyl (C=O) groups is 2. The van der Waals surface area contributed by atoms with Crippen molar-refractivity contribution in [2.24, 2.45) is 7.05 Å². The molecule has 1 aliphatic carbocycles. The molecule has 1 saturated carbocycles. The van der Waals surface area contributed by atoms with E-state index in [2.05, 4.69) is 10.3 Å². The maximum absolute atomic E-state index is 12.7. The number of amides is 3. The molecule has 6 nitrogen and oxygen atoms in total. The summed E-state index contributed by atoms with van der Waals surface area (Å²) >= 11 is 0. The molecule has 3 rings (SSSR count). The molecule has 2 aliphatic rings. The van der Waals surface area contributed by atoms with Crippen LogP contribution in [0.2, 0.25) is 0 Å². The van der Waals surface area contributed by atoms with E-state index >= 15 is 0 Å². The lowest BCUT2D eigenvalue weighted by Crippen LogP contribution is -2.46. The van der Waals surface area contributed by atoms with E-state index < -0.39 is 5.54 Å². The van der Waals surface area contributed by atoms with Crippen LogP contribution < -0.4 is 5.32 Å². The summed E-state index contributed by atoms with van der Waals surface area (Å²) in [5.41, 5.74) is 0.275. The summed E-state index contributed by atoms with van der Waals surface area (Å²) in [6.45, 7) is 0.406. The zero-order chi connectivity index (χ0) is 14.9. The van der Waals surface area contributed by atoms with Crippen molar-refractivity contribution >= 4 is 11.9 Å². The van der Waals surface area contributed by atoms with Crippen molar-refractivity contribution in [2.45, 2.75) is 50.5 Å². The van der Waals surface area contributed by atoms with Gasteiger partial charge in [-0.15, -0.1) is 0 Å². The van der Waals surface area contributed by atoms with Gasteiger partial charge in [0.15, 0.2) is 0 Å². The number of urea groups is 1. The lowest BCUT2D eigenvalue weighted by molar-refractivity contribution is -0.131. The number of nitrogens with one attached hydrogen (secondary N) is 1. The van der Waals surface area contributed by atoms with E-state index in [1.807, 2.05) is 17.8 Å². The molecule has 0 bridgehead atoms. The second-order valence-corrected chi connectivity index (χ2v) is 6.16. The summed E-state index contributed by atoms with van der Waals surface area (Å²) in [6.07, 6.45) is 10.1. The monoisotopic (exact) mass is 290 g/mol. The van der Waals surface area contributed by atoms with Crippen LogP contribution in [-0.4, -0.2) is 38.5 Å². The Kier molecular flexibility index (Phi) is 3.69. The van der Waals surface area contributed by atoms with Gasteiger partial charge in [-0.2, -0.15) is 0 Å². The van der Waals surface area contributed by atoms with Crippen LogP contribution >= 0.6 is 0 Å². The Morgan fingerprint density at radius 3 is 2.57 bits per heavy atom. The minimum Gasteiger partial charge on any atom is -0.340 e. The maximum Gasteiger partial charge on any atom is 0.325 e. The first-order valence-electron chi connectivity index (χ1n) is 7.72. The average molecular weight is 290 g/mol. The second kappa shape index (κ2) is 5.50. The van der Waals surface area contributed by atoms with Gasteiger partial charge in [0.1, 0.15) is 5.54 Å². The number of hydrogen-bond donors (Lipinski definition) is 1. The van der Waals surface area contributed by atoms with Crippen molar-refractivity contribution < 1.29 is 9.59 Å². The molecule has 6 heteroatoms. The molecule has 114 valence electrons. The lowest BCUT2D eigenvalue weighted by atomic mass is 9.90. The van der Waals surface area contributed by atoms with E-state index in [4.69, 9.17) is 0 Å². The van der Waals surface area contributed by atoms with Crippen LogP contribution in [0.1, 0.15) is 44.2 Å². The first-order chi connectivity index (χ1) is 10.1. The zero-order valence-corrected chi connectivity index (χ0v) is 12.5. The number of imidazole rings is 1. The van der Waals surface area contributed by atoms with E-state index in [9.17, 15) is 9.59 Å². The predicted octanol–water partition coefficient (Wildman–Crippen LogP) is 1.61. The Morgan fingerprint density at radius 2 is 1.95 bits per heavy atom. The Labute approximate surface area is 124 Å². The summed E-state index contributed by atoms with van der Waals surface area (Å²) in [5, 5.41) is 2.96. The van der Waals surface area contributed by atoms with Crippen LogP contribution in [0.3, 0.4) is 0 Å². The standard InChI is InChI=1S/C15H22N4O2/c1-18-10-12(16-11-18)6-9-19-13(20)15(17-14(19)21)7-4-2-3-5-8-15/h10-11H,2-9H2,1H3,(H,17,21). The molecule has 21 heavy (non-hydrogen) atoms. The Bertz CT molecular complexity index is 544. The molecule has 1 aromatic rings. The van der Waals surface area contributed by atoms with Crippen LogP contribution in [0.5, 0.6) is 0 Å². The third-order valence-electron chi connectivity index (χ3n) is 4.55. The Morgan fingerprint density at radius 1 is 1.24 bits per heavy atom. The van der Waals surface area contributed by atoms with Crippen molar-refractivity contribution in [3.05, 3.63) is 18.2 Å². The zero-order valence-electron chi connectivity index (χ0n) is 12.5. The van der Waals surface area contributed by atoms with Crippen molar-refractivity contribution in [1.29, 1.82) is 0 Å². The van der Waals surface area contributed by atoms with Crippen molar-refractivity contribution in [3.8, 4) is 0 Å². The number of carbonyl (C=O) groups excluding carboxylic acids is 2. The summed E-state index contributed by atoms with van der Waals surface area (Å²) in [4.78, 5) is 30.5. The fraction of sp³-hybridized carbons (Fsp3) is 0.667. The molecule has 1 N–H and O–H groups in total. The molecule has 1 spiro atoms. The lowest BCUT2D eigenvalue weighted by Gasteiger charge is -2.24. The number of aryl methyl sites for hydroxylation is 1.